The number of aromatic nitrogens is 1. The second-order valence-corrected chi connectivity index (χ2v) is 7.73. The number of hydrogen-bond donors (Lipinski definition) is 0. The third-order valence-corrected chi connectivity index (χ3v) is 6.22. The Balaban J connectivity index is 1.72. The van der Waals surface area contributed by atoms with Crippen LogP contribution in [0.5, 0.6) is 0 Å². The predicted octanol–water partition coefficient (Wildman–Crippen LogP) is 1.68. The van der Waals surface area contributed by atoms with E-state index in [2.05, 4.69) is 4.98 Å². The molecule has 1 amide bonds. The number of aryl methyl sites for hydroxylation is 1. The highest BCUT2D eigenvalue weighted by molar-refractivity contribution is 7.89. The summed E-state index contributed by atoms with van der Waals surface area (Å²) in [6.45, 7) is 2.52. The van der Waals surface area contributed by atoms with Crippen LogP contribution in [0.2, 0.25) is 0 Å². The first-order valence-corrected chi connectivity index (χ1v) is 9.30. The van der Waals surface area contributed by atoms with Crippen molar-refractivity contribution < 1.29 is 17.6 Å². The maximum absolute atomic E-state index is 13.2. The summed E-state index contributed by atoms with van der Waals surface area (Å²) >= 11 is 0. The summed E-state index contributed by atoms with van der Waals surface area (Å²) in [5, 5.41) is 0. The first kappa shape index (κ1) is 17.5. The van der Waals surface area contributed by atoms with Crippen molar-refractivity contribution in [1.82, 2.24) is 14.2 Å². The van der Waals surface area contributed by atoms with Gasteiger partial charge in [0, 0.05) is 32.4 Å². The van der Waals surface area contributed by atoms with Crippen LogP contribution < -0.4 is 0 Å². The highest BCUT2D eigenvalue weighted by Crippen LogP contribution is 2.22. The minimum atomic E-state index is -3.71. The van der Waals surface area contributed by atoms with Gasteiger partial charge in [-0.15, -0.1) is 0 Å². The molecule has 132 valence electrons. The van der Waals surface area contributed by atoms with Crippen LogP contribution in [0, 0.1) is 12.7 Å². The van der Waals surface area contributed by atoms with Crippen LogP contribution in [0.3, 0.4) is 0 Å². The Kier molecular flexibility index (Phi) is 4.82. The van der Waals surface area contributed by atoms with E-state index in [9.17, 15) is 17.6 Å². The van der Waals surface area contributed by atoms with Crippen LogP contribution in [-0.4, -0.2) is 54.7 Å². The fourth-order valence-corrected chi connectivity index (χ4v) is 4.45. The number of halogens is 1. The summed E-state index contributed by atoms with van der Waals surface area (Å²) in [5.74, 6) is -0.683. The topological polar surface area (TPSA) is 70.6 Å². The number of amides is 1. The molecule has 0 unspecified atom stereocenters. The molecule has 0 spiro atoms. The molecule has 0 bridgehead atoms. The standard InChI is InChI=1S/C17H18FN3O3S/c1-13-12-14(18)5-6-16(13)25(23,24)21-10-8-20(9-11-21)17(22)15-4-2-3-7-19-15/h2-7,12H,8-11H2,1H3. The van der Waals surface area contributed by atoms with Gasteiger partial charge in [0.15, 0.2) is 0 Å². The molecule has 1 aromatic carbocycles. The lowest BCUT2D eigenvalue weighted by Gasteiger charge is -2.34. The minimum Gasteiger partial charge on any atom is -0.335 e. The molecule has 0 saturated carbocycles. The van der Waals surface area contributed by atoms with Crippen LogP contribution in [0.15, 0.2) is 47.5 Å². The van der Waals surface area contributed by atoms with Gasteiger partial charge in [0.1, 0.15) is 11.5 Å². The van der Waals surface area contributed by atoms with E-state index in [1.165, 1.54) is 16.4 Å². The minimum absolute atomic E-state index is 0.0957. The molecule has 0 radical (unpaired) electrons. The summed E-state index contributed by atoms with van der Waals surface area (Å²) in [6.07, 6.45) is 1.55. The van der Waals surface area contributed by atoms with Crippen LogP contribution >= 0.6 is 0 Å². The molecule has 0 N–H and O–H groups in total. The van der Waals surface area contributed by atoms with E-state index in [1.807, 2.05) is 0 Å². The zero-order valence-corrected chi connectivity index (χ0v) is 14.5. The molecular weight excluding hydrogens is 345 g/mol. The van der Waals surface area contributed by atoms with Gasteiger partial charge in [0.2, 0.25) is 10.0 Å². The molecule has 8 heteroatoms. The Morgan fingerprint density at radius 1 is 1.12 bits per heavy atom. The molecule has 0 aliphatic carbocycles. The number of sulfonamides is 1. The third-order valence-electron chi connectivity index (χ3n) is 4.16. The lowest BCUT2D eigenvalue weighted by molar-refractivity contribution is 0.0692. The van der Waals surface area contributed by atoms with Crippen molar-refractivity contribution in [3.8, 4) is 0 Å². The summed E-state index contributed by atoms with van der Waals surface area (Å²) in [4.78, 5) is 18.1. The largest absolute Gasteiger partial charge is 0.335 e. The van der Waals surface area contributed by atoms with E-state index in [4.69, 9.17) is 0 Å². The highest BCUT2D eigenvalue weighted by atomic mass is 32.2. The second kappa shape index (κ2) is 6.89. The normalized spacial score (nSPS) is 16.0. The van der Waals surface area contributed by atoms with Gasteiger partial charge in [0.05, 0.1) is 4.90 Å². The summed E-state index contributed by atoms with van der Waals surface area (Å²) < 4.78 is 40.1. The Hall–Kier alpha value is -2.32. The molecule has 1 aromatic heterocycles. The fraction of sp³-hybridized carbons (Fsp3) is 0.294. The average Bonchev–Trinajstić information content (AvgIpc) is 2.61. The van der Waals surface area contributed by atoms with Crippen LogP contribution in [0.25, 0.3) is 0 Å². The predicted molar refractivity (Wildman–Crippen MR) is 90.0 cm³/mol. The number of rotatable bonds is 3. The third kappa shape index (κ3) is 3.54. The quantitative estimate of drug-likeness (QED) is 0.832. The number of pyridine rings is 1. The van der Waals surface area contributed by atoms with Gasteiger partial charge in [-0.25, -0.2) is 12.8 Å². The lowest BCUT2D eigenvalue weighted by Crippen LogP contribution is -2.50. The first-order chi connectivity index (χ1) is 11.9. The van der Waals surface area contributed by atoms with E-state index >= 15 is 0 Å². The van der Waals surface area contributed by atoms with Crippen molar-refractivity contribution >= 4 is 15.9 Å². The van der Waals surface area contributed by atoms with E-state index in [-0.39, 0.29) is 37.0 Å². The molecule has 2 heterocycles. The zero-order chi connectivity index (χ0) is 18.0. The van der Waals surface area contributed by atoms with Crippen LogP contribution in [0.4, 0.5) is 4.39 Å². The zero-order valence-electron chi connectivity index (χ0n) is 13.7. The van der Waals surface area contributed by atoms with Gasteiger partial charge in [0.25, 0.3) is 5.91 Å². The molecule has 25 heavy (non-hydrogen) atoms. The maximum Gasteiger partial charge on any atom is 0.272 e. The Bertz CT molecular complexity index is 879. The molecule has 1 fully saturated rings. The van der Waals surface area contributed by atoms with E-state index in [1.54, 1.807) is 36.2 Å². The van der Waals surface area contributed by atoms with Gasteiger partial charge < -0.3 is 4.90 Å². The highest BCUT2D eigenvalue weighted by Gasteiger charge is 2.31. The smallest absolute Gasteiger partial charge is 0.272 e. The van der Waals surface area contributed by atoms with Gasteiger partial charge in [-0.3, -0.25) is 9.78 Å². The SMILES string of the molecule is Cc1cc(F)ccc1S(=O)(=O)N1CCN(C(=O)c2ccccn2)CC1. The van der Waals surface area contributed by atoms with Crippen LogP contribution in [0.1, 0.15) is 16.1 Å². The summed E-state index contributed by atoms with van der Waals surface area (Å²) in [7, 11) is -3.71. The van der Waals surface area contributed by atoms with Crippen molar-refractivity contribution in [3.05, 3.63) is 59.7 Å². The number of piperazine rings is 1. The molecule has 1 aliphatic rings. The van der Waals surface area contributed by atoms with Gasteiger partial charge in [-0.2, -0.15) is 4.31 Å². The fourth-order valence-electron chi connectivity index (χ4n) is 2.82. The molecule has 3 rings (SSSR count). The Morgan fingerprint density at radius 2 is 1.84 bits per heavy atom. The van der Waals surface area contributed by atoms with Crippen molar-refractivity contribution in [1.29, 1.82) is 0 Å². The number of carbonyl (C=O) groups is 1. The van der Waals surface area contributed by atoms with E-state index in [0.717, 1.165) is 6.07 Å². The first-order valence-electron chi connectivity index (χ1n) is 7.86. The molecule has 0 atom stereocenters. The van der Waals surface area contributed by atoms with E-state index < -0.39 is 15.8 Å². The van der Waals surface area contributed by atoms with Crippen molar-refractivity contribution in [2.45, 2.75) is 11.8 Å². The maximum atomic E-state index is 13.2. The molecule has 1 saturated heterocycles. The second-order valence-electron chi connectivity index (χ2n) is 5.82. The number of hydrogen-bond acceptors (Lipinski definition) is 4. The molecular formula is C17H18FN3O3S. The van der Waals surface area contributed by atoms with Crippen molar-refractivity contribution in [2.75, 3.05) is 26.2 Å². The summed E-state index contributed by atoms with van der Waals surface area (Å²) in [5.41, 5.74) is 0.708. The number of carbonyl (C=O) groups excluding carboxylic acids is 1. The average molecular weight is 363 g/mol. The van der Waals surface area contributed by atoms with Gasteiger partial charge in [-0.1, -0.05) is 6.07 Å². The number of benzene rings is 1. The monoisotopic (exact) mass is 363 g/mol. The molecule has 1 aliphatic heterocycles. The molecule has 2 aromatic rings. The summed E-state index contributed by atoms with van der Waals surface area (Å²) in [6, 6.07) is 8.72. The lowest BCUT2D eigenvalue weighted by atomic mass is 10.2. The van der Waals surface area contributed by atoms with E-state index in [0.29, 0.717) is 11.3 Å². The Morgan fingerprint density at radius 3 is 2.44 bits per heavy atom. The number of nitrogens with zero attached hydrogens (tertiary/aromatic N) is 3. The van der Waals surface area contributed by atoms with Crippen molar-refractivity contribution in [2.24, 2.45) is 0 Å². The molecule has 6 nitrogen and oxygen atoms in total. The van der Waals surface area contributed by atoms with Gasteiger partial charge in [-0.05, 0) is 42.8 Å². The van der Waals surface area contributed by atoms with Crippen LogP contribution in [-0.2, 0) is 10.0 Å². The Labute approximate surface area is 145 Å². The van der Waals surface area contributed by atoms with Crippen molar-refractivity contribution in [3.63, 3.8) is 0 Å². The van der Waals surface area contributed by atoms with Gasteiger partial charge >= 0.3 is 0 Å².